The summed E-state index contributed by atoms with van der Waals surface area (Å²) in [6, 6.07) is 0. The summed E-state index contributed by atoms with van der Waals surface area (Å²) in [5, 5.41) is 26.4. The molecular formula is B4F36N8O8. The van der Waals surface area contributed by atoms with E-state index in [9.17, 15) is 161 Å². The summed E-state index contributed by atoms with van der Waals surface area (Å²) in [5.41, 5.74) is 0. The van der Waals surface area contributed by atoms with Gasteiger partial charge in [0.1, 0.15) is 173 Å². The largest absolute Gasteiger partial charge is 0.867 e. The lowest BCUT2D eigenvalue weighted by Crippen LogP contribution is -2.39. The van der Waals surface area contributed by atoms with E-state index >= 15 is 0 Å². The predicted octanol–water partition coefficient (Wildman–Crippen LogP) is 1.38. The summed E-state index contributed by atoms with van der Waals surface area (Å²) in [7, 11) is -12.7. The smallest absolute Gasteiger partial charge is 0.440 e. The first-order valence-corrected chi connectivity index (χ1v) is 8.17. The summed E-state index contributed by atoms with van der Waals surface area (Å²) in [6.45, 7) is 0. The molecule has 0 aromatic rings. The Kier molecular flexibility index (Phi) is 63.6. The highest BCUT2D eigenvalue weighted by molar-refractivity contribution is 6.27. The van der Waals surface area contributed by atoms with Gasteiger partial charge in [-0.25, -0.2) is 0 Å². The molecule has 352 valence electrons. The van der Waals surface area contributed by atoms with Crippen molar-refractivity contribution >= 4 is 29.6 Å². The third-order valence-corrected chi connectivity index (χ3v) is 0. The lowest BCUT2D eigenvalue weighted by Gasteiger charge is -2.09. The normalized spacial score (nSPS) is 10.5. The lowest BCUT2D eigenvalue weighted by atomic mass is 10.3. The molecule has 0 fully saturated rings. The predicted molar refractivity (Wildman–Crippen MR) is 65.0 cm³/mol. The first-order chi connectivity index (χ1) is 22.9. The fraction of sp³-hybridized carbons (Fsp3) is 0. The third-order valence-electron chi connectivity index (χ3n) is 0. The molecule has 56 heavy (non-hydrogen) atoms. The molecule has 0 radical (unpaired) electrons. The topological polar surface area (TPSA) is 184 Å². The van der Waals surface area contributed by atoms with Crippen molar-refractivity contribution < 1.29 is 244 Å². The van der Waals surface area contributed by atoms with Crippen molar-refractivity contribution in [3.05, 3.63) is 0 Å². The highest BCUT2D eigenvalue weighted by atomic mass is 19.7. The van der Waals surface area contributed by atoms with E-state index in [0.29, 0.717) is 0 Å². The minimum Gasteiger partial charge on any atom is -0.867 e. The number of rotatable bonds is 0. The maximum Gasteiger partial charge on any atom is 0.440 e. The number of hydrogen-bond acceptors (Lipinski definition) is 8. The second-order valence-corrected chi connectivity index (χ2v) is 4.16. The highest BCUT2D eigenvalue weighted by Crippen LogP contribution is 2.11. The van der Waals surface area contributed by atoms with Crippen LogP contribution in [0.1, 0.15) is 0 Å². The molecule has 0 unspecified atom stereocenters. The Morgan fingerprint density at radius 3 is 0.161 bits per heavy atom. The van der Waals surface area contributed by atoms with Crippen molar-refractivity contribution in [2.45, 2.75) is 0 Å². The highest BCUT2D eigenvalue weighted by Gasteiger charge is 2.33. The van der Waals surface area contributed by atoms with Crippen molar-refractivity contribution in [3.8, 4) is 0 Å². The lowest BCUT2D eigenvalue weighted by molar-refractivity contribution is -1.36. The third kappa shape index (κ3) is 15200. The quantitative estimate of drug-likeness (QED) is 0.198. The zero-order valence-corrected chi connectivity index (χ0v) is 22.8. The molecule has 0 heterocycles. The molecule has 0 bridgehead atoms. The van der Waals surface area contributed by atoms with Gasteiger partial charge in [0.15, 0.2) is 0 Å². The maximum absolute atomic E-state index is 9.89. The van der Waals surface area contributed by atoms with Crippen LogP contribution in [-0.2, 0) is 0 Å². The van der Waals surface area contributed by atoms with Crippen LogP contribution in [0.5, 0.6) is 0 Å². The van der Waals surface area contributed by atoms with Crippen LogP contribution in [-0.4, -0.2) is 72.6 Å². The van der Waals surface area contributed by atoms with E-state index in [4.69, 9.17) is 40.2 Å². The molecule has 0 rings (SSSR count). The zero-order chi connectivity index (χ0) is 50.3. The molecule has 0 aliphatic rings. The van der Waals surface area contributed by atoms with Crippen molar-refractivity contribution in [2.75, 3.05) is 0 Å². The molecule has 56 heteroatoms. The van der Waals surface area contributed by atoms with Crippen LogP contribution >= 0.6 is 0 Å². The van der Waals surface area contributed by atoms with Gasteiger partial charge in [0.2, 0.25) is 0 Å². The van der Waals surface area contributed by atoms with Crippen LogP contribution in [0.25, 0.3) is 0 Å². The Morgan fingerprint density at radius 2 is 0.161 bits per heavy atom. The molecule has 0 saturated carbocycles. The van der Waals surface area contributed by atoms with Gasteiger partial charge in [-0.05, 0) is 0 Å². The minimum absolute atomic E-state index is 3.17. The van der Waals surface area contributed by atoms with Gasteiger partial charge in [0, 0.05) is 0 Å². The summed E-state index contributed by atoms with van der Waals surface area (Å²) in [5.74, 6) is 0. The van der Waals surface area contributed by atoms with Gasteiger partial charge >= 0.3 is 43.0 Å². The van der Waals surface area contributed by atoms with E-state index in [1.54, 1.807) is 0 Å². The second kappa shape index (κ2) is 41.7. The van der Waals surface area contributed by atoms with Crippen molar-refractivity contribution in [1.29, 1.82) is 0 Å². The van der Waals surface area contributed by atoms with Gasteiger partial charge in [-0.3, -0.25) is 0 Å². The van der Waals surface area contributed by atoms with Crippen LogP contribution in [0.4, 0.5) is 161 Å². The Labute approximate surface area is 275 Å². The Bertz CT molecular complexity index is 481. The van der Waals surface area contributed by atoms with Crippen molar-refractivity contribution in [3.63, 3.8) is 0 Å². The van der Waals surface area contributed by atoms with E-state index in [0.717, 1.165) is 0 Å². The Balaban J connectivity index is -0.0000000378. The second-order valence-electron chi connectivity index (χ2n) is 4.16. The standard InChI is InChI=1S/4BFO2.8F4N/c4*2-1(3)4;8*1-5(2,3)4/q4*-2;8*+1. The van der Waals surface area contributed by atoms with Gasteiger partial charge in [-0.2, -0.15) is 0 Å². The number of hydrogen-bond donors (Lipinski definition) is 0. The zero-order valence-electron chi connectivity index (χ0n) is 22.8. The SMILES string of the molecule is F[N+](F)(F)F.F[N+](F)(F)F.F[N+](F)(F)F.F[N+](F)(F)F.F[N+](F)(F)F.F[N+](F)(F)F.F[N+](F)(F)F.F[N+](F)(F)F.[O-]B([O-])F.[O-]B([O-])F.[O-]B([O-])F.[O-]B([O-])F. The van der Waals surface area contributed by atoms with Gasteiger partial charge in [0.25, 0.3) is 0 Å². The first-order valence-electron chi connectivity index (χ1n) is 8.17. The van der Waals surface area contributed by atoms with E-state index in [1.165, 1.54) is 0 Å². The number of halogens is 36. The molecule has 0 aliphatic heterocycles. The first kappa shape index (κ1) is 85.3. The molecule has 16 nitrogen and oxygen atoms in total. The monoisotopic (exact) mass is 968 g/mol. The molecule has 0 aliphatic carbocycles. The Morgan fingerprint density at radius 1 is 0.161 bits per heavy atom. The van der Waals surface area contributed by atoms with E-state index in [-0.39, 0.29) is 0 Å². The molecule has 0 aromatic heterocycles. The van der Waals surface area contributed by atoms with Crippen molar-refractivity contribution in [1.82, 2.24) is 0 Å². The fourth-order valence-corrected chi connectivity index (χ4v) is 0. The molecular weight excluding hydrogens is 967 g/mol. The van der Waals surface area contributed by atoms with Gasteiger partial charge in [-0.15, -0.1) is 0 Å². The molecule has 0 aromatic carbocycles. The Hall–Kier alpha value is -2.90. The molecule has 0 spiro atoms. The van der Waals surface area contributed by atoms with Crippen LogP contribution in [0.15, 0.2) is 0 Å². The minimum atomic E-state index is -5.00. The molecule has 0 saturated heterocycles. The van der Waals surface area contributed by atoms with Crippen molar-refractivity contribution in [2.24, 2.45) is 0 Å². The van der Waals surface area contributed by atoms with Crippen LogP contribution in [0, 0.1) is 0 Å². The van der Waals surface area contributed by atoms with Crippen LogP contribution in [0.3, 0.4) is 0 Å². The molecule has 0 atom stereocenters. The summed E-state index contributed by atoms with van der Waals surface area (Å²) in [6.07, 6.45) is 0. The van der Waals surface area contributed by atoms with E-state index in [1.807, 2.05) is 0 Å². The van der Waals surface area contributed by atoms with Crippen LogP contribution in [0.2, 0.25) is 0 Å². The molecule has 0 N–H and O–H groups in total. The van der Waals surface area contributed by atoms with Gasteiger partial charge in [0.05, 0.1) is 0 Å². The van der Waals surface area contributed by atoms with Crippen LogP contribution < -0.4 is 40.2 Å². The average molecular weight is 967 g/mol. The average Bonchev–Trinajstić information content (AvgIpc) is 2.53. The summed E-state index contributed by atoms with van der Waals surface area (Å²) >= 11 is 0. The number of quaternary nitrogens is 8. The summed E-state index contributed by atoms with van der Waals surface area (Å²) < 4.78 is 348. The fourth-order valence-electron chi connectivity index (χ4n) is 0. The van der Waals surface area contributed by atoms with E-state index < -0.39 is 72.6 Å². The van der Waals surface area contributed by atoms with Gasteiger partial charge in [-0.1, -0.05) is 0 Å². The van der Waals surface area contributed by atoms with E-state index in [2.05, 4.69) is 0 Å². The maximum atomic E-state index is 9.89. The molecule has 0 amide bonds. The summed E-state index contributed by atoms with van der Waals surface area (Å²) in [4.78, 5) is 0. The van der Waals surface area contributed by atoms with Gasteiger partial charge < -0.3 is 57.5 Å². The number of nitrogens with zero attached hydrogens (tertiary/aromatic N) is 8.